The summed E-state index contributed by atoms with van der Waals surface area (Å²) in [7, 11) is 1.73. The summed E-state index contributed by atoms with van der Waals surface area (Å²) < 4.78 is 5.08. The lowest BCUT2D eigenvalue weighted by atomic mass is 9.98. The third-order valence-electron chi connectivity index (χ3n) is 4.51. The standard InChI is InChI=1S/C15H28N2O2/c1-3-8-13-16-15(9-4-5-10-15)14(18)17(13)11-6-7-12-19-2/h13,16H,3-12H2,1-2H3. The van der Waals surface area contributed by atoms with Gasteiger partial charge in [0, 0.05) is 20.3 Å². The first-order valence-electron chi connectivity index (χ1n) is 7.81. The van der Waals surface area contributed by atoms with Gasteiger partial charge in [-0.3, -0.25) is 10.1 Å². The molecule has 4 heteroatoms. The summed E-state index contributed by atoms with van der Waals surface area (Å²) in [5, 5.41) is 3.65. The van der Waals surface area contributed by atoms with Gasteiger partial charge in [0.1, 0.15) is 0 Å². The lowest BCUT2D eigenvalue weighted by Gasteiger charge is -2.23. The highest BCUT2D eigenvalue weighted by atomic mass is 16.5. The van der Waals surface area contributed by atoms with Crippen molar-refractivity contribution in [3.8, 4) is 0 Å². The van der Waals surface area contributed by atoms with Gasteiger partial charge in [0.15, 0.2) is 0 Å². The zero-order valence-corrected chi connectivity index (χ0v) is 12.4. The van der Waals surface area contributed by atoms with Gasteiger partial charge < -0.3 is 9.64 Å². The lowest BCUT2D eigenvalue weighted by molar-refractivity contribution is -0.133. The molecule has 1 aliphatic heterocycles. The number of ether oxygens (including phenoxy) is 1. The minimum Gasteiger partial charge on any atom is -0.385 e. The second-order valence-corrected chi connectivity index (χ2v) is 5.94. The quantitative estimate of drug-likeness (QED) is 0.720. The van der Waals surface area contributed by atoms with Crippen molar-refractivity contribution in [3.63, 3.8) is 0 Å². The fraction of sp³-hybridized carbons (Fsp3) is 0.933. The van der Waals surface area contributed by atoms with E-state index in [1.54, 1.807) is 7.11 Å². The predicted molar refractivity (Wildman–Crippen MR) is 75.9 cm³/mol. The van der Waals surface area contributed by atoms with Gasteiger partial charge in [-0.05, 0) is 32.1 Å². The zero-order valence-electron chi connectivity index (χ0n) is 12.4. The molecule has 1 amide bonds. The van der Waals surface area contributed by atoms with E-state index in [-0.39, 0.29) is 11.7 Å². The fourth-order valence-corrected chi connectivity index (χ4v) is 3.50. The monoisotopic (exact) mass is 268 g/mol. The van der Waals surface area contributed by atoms with Crippen LogP contribution in [0.5, 0.6) is 0 Å². The van der Waals surface area contributed by atoms with E-state index in [1.165, 1.54) is 12.8 Å². The van der Waals surface area contributed by atoms with Gasteiger partial charge in [0.05, 0.1) is 11.7 Å². The molecular weight excluding hydrogens is 240 g/mol. The van der Waals surface area contributed by atoms with Crippen LogP contribution in [0.3, 0.4) is 0 Å². The molecule has 0 aromatic carbocycles. The van der Waals surface area contributed by atoms with E-state index < -0.39 is 0 Å². The average molecular weight is 268 g/mol. The van der Waals surface area contributed by atoms with Crippen molar-refractivity contribution in [2.45, 2.75) is 70.0 Å². The summed E-state index contributed by atoms with van der Waals surface area (Å²) in [4.78, 5) is 14.8. The molecule has 1 heterocycles. The number of rotatable bonds is 7. The van der Waals surface area contributed by atoms with Gasteiger partial charge in [0.2, 0.25) is 5.91 Å². The van der Waals surface area contributed by atoms with Crippen LogP contribution >= 0.6 is 0 Å². The van der Waals surface area contributed by atoms with Crippen LogP contribution < -0.4 is 5.32 Å². The number of nitrogens with one attached hydrogen (secondary N) is 1. The predicted octanol–water partition coefficient (Wildman–Crippen LogP) is 2.28. The zero-order chi connectivity index (χ0) is 13.7. The summed E-state index contributed by atoms with van der Waals surface area (Å²) in [6.45, 7) is 3.86. The number of methoxy groups -OCH3 is 1. The van der Waals surface area contributed by atoms with E-state index in [9.17, 15) is 4.79 Å². The first-order valence-corrected chi connectivity index (χ1v) is 7.81. The van der Waals surface area contributed by atoms with Gasteiger partial charge in [-0.25, -0.2) is 0 Å². The van der Waals surface area contributed by atoms with Crippen LogP contribution in [0, 0.1) is 0 Å². The number of carbonyl (C=O) groups excluding carboxylic acids is 1. The maximum atomic E-state index is 12.7. The molecule has 110 valence electrons. The molecule has 2 rings (SSSR count). The van der Waals surface area contributed by atoms with Crippen LogP contribution in [0.15, 0.2) is 0 Å². The molecule has 2 aliphatic rings. The Kier molecular flexibility index (Phi) is 5.22. The second-order valence-electron chi connectivity index (χ2n) is 5.94. The summed E-state index contributed by atoms with van der Waals surface area (Å²) in [5.41, 5.74) is -0.207. The Morgan fingerprint density at radius 1 is 1.37 bits per heavy atom. The number of hydrogen-bond acceptors (Lipinski definition) is 3. The second kappa shape index (κ2) is 6.71. The summed E-state index contributed by atoms with van der Waals surface area (Å²) in [5.74, 6) is 0.362. The molecular formula is C15H28N2O2. The minimum atomic E-state index is -0.207. The molecule has 1 saturated heterocycles. The summed E-state index contributed by atoms with van der Waals surface area (Å²) >= 11 is 0. The molecule has 1 saturated carbocycles. The van der Waals surface area contributed by atoms with Gasteiger partial charge in [-0.1, -0.05) is 26.2 Å². The number of nitrogens with zero attached hydrogens (tertiary/aromatic N) is 1. The van der Waals surface area contributed by atoms with Crippen molar-refractivity contribution in [1.29, 1.82) is 0 Å². The smallest absolute Gasteiger partial charge is 0.244 e. The fourth-order valence-electron chi connectivity index (χ4n) is 3.50. The Balaban J connectivity index is 1.95. The van der Waals surface area contributed by atoms with Gasteiger partial charge >= 0.3 is 0 Å². The van der Waals surface area contributed by atoms with Crippen molar-refractivity contribution in [1.82, 2.24) is 10.2 Å². The highest BCUT2D eigenvalue weighted by Gasteiger charge is 2.51. The molecule has 1 aliphatic carbocycles. The molecule has 0 bridgehead atoms. The highest BCUT2D eigenvalue weighted by molar-refractivity contribution is 5.89. The molecule has 1 N–H and O–H groups in total. The molecule has 0 radical (unpaired) electrons. The third-order valence-corrected chi connectivity index (χ3v) is 4.51. The van der Waals surface area contributed by atoms with Gasteiger partial charge in [0.25, 0.3) is 0 Å². The topological polar surface area (TPSA) is 41.6 Å². The molecule has 19 heavy (non-hydrogen) atoms. The van der Waals surface area contributed by atoms with Crippen molar-refractivity contribution in [2.75, 3.05) is 20.3 Å². The van der Waals surface area contributed by atoms with Crippen LogP contribution in [0.4, 0.5) is 0 Å². The molecule has 0 aromatic rings. The van der Waals surface area contributed by atoms with E-state index in [0.29, 0.717) is 5.91 Å². The van der Waals surface area contributed by atoms with Crippen LogP contribution in [0.25, 0.3) is 0 Å². The number of hydrogen-bond donors (Lipinski definition) is 1. The van der Waals surface area contributed by atoms with Crippen molar-refractivity contribution in [3.05, 3.63) is 0 Å². The molecule has 1 atom stereocenters. The largest absolute Gasteiger partial charge is 0.385 e. The van der Waals surface area contributed by atoms with Crippen molar-refractivity contribution in [2.24, 2.45) is 0 Å². The SMILES string of the molecule is CCCC1NC2(CCCC2)C(=O)N1CCCCOC. The van der Waals surface area contributed by atoms with Gasteiger partial charge in [-0.15, -0.1) is 0 Å². The van der Waals surface area contributed by atoms with Gasteiger partial charge in [-0.2, -0.15) is 0 Å². The van der Waals surface area contributed by atoms with Crippen molar-refractivity contribution >= 4 is 5.91 Å². The normalized spacial score (nSPS) is 25.7. The third kappa shape index (κ3) is 3.11. The molecule has 2 fully saturated rings. The minimum absolute atomic E-state index is 0.207. The number of unbranched alkanes of at least 4 members (excludes halogenated alkanes) is 1. The Labute approximate surface area is 116 Å². The molecule has 1 spiro atoms. The van der Waals surface area contributed by atoms with Crippen LogP contribution in [0.1, 0.15) is 58.3 Å². The van der Waals surface area contributed by atoms with Crippen LogP contribution in [-0.4, -0.2) is 42.8 Å². The number of amides is 1. The maximum absolute atomic E-state index is 12.7. The van der Waals surface area contributed by atoms with Crippen LogP contribution in [-0.2, 0) is 9.53 Å². The molecule has 1 unspecified atom stereocenters. The first kappa shape index (κ1) is 14.8. The Bertz CT molecular complexity index is 301. The Morgan fingerprint density at radius 2 is 2.11 bits per heavy atom. The maximum Gasteiger partial charge on any atom is 0.244 e. The van der Waals surface area contributed by atoms with Crippen LogP contribution in [0.2, 0.25) is 0 Å². The molecule has 4 nitrogen and oxygen atoms in total. The Hall–Kier alpha value is -0.610. The summed E-state index contributed by atoms with van der Waals surface area (Å²) in [6.07, 6.45) is 8.96. The lowest BCUT2D eigenvalue weighted by Crippen LogP contribution is -2.44. The van der Waals surface area contributed by atoms with E-state index >= 15 is 0 Å². The van der Waals surface area contributed by atoms with E-state index in [4.69, 9.17) is 4.74 Å². The Morgan fingerprint density at radius 3 is 2.74 bits per heavy atom. The highest BCUT2D eigenvalue weighted by Crippen LogP contribution is 2.37. The van der Waals surface area contributed by atoms with Crippen molar-refractivity contribution < 1.29 is 9.53 Å². The first-order chi connectivity index (χ1) is 9.23. The van der Waals surface area contributed by atoms with E-state index in [0.717, 1.165) is 51.7 Å². The van der Waals surface area contributed by atoms with E-state index in [1.807, 2.05) is 0 Å². The number of carbonyl (C=O) groups is 1. The molecule has 0 aromatic heterocycles. The summed E-state index contributed by atoms with van der Waals surface area (Å²) in [6, 6.07) is 0. The average Bonchev–Trinajstić information content (AvgIpc) is 2.96. The van der Waals surface area contributed by atoms with E-state index in [2.05, 4.69) is 17.1 Å².